The fraction of sp³-hybridized carbons (Fsp3) is 0.667. The molecular weight excluding hydrogens is 216 g/mol. The molecule has 1 aliphatic rings. The first-order valence-corrected chi connectivity index (χ1v) is 6.30. The number of nitrogens with zero attached hydrogens (tertiary/aromatic N) is 2. The normalized spacial score (nSPS) is 20.1. The predicted octanol–water partition coefficient (Wildman–Crippen LogP) is 0.389. The number of carbonyl (C=O) groups is 1. The van der Waals surface area contributed by atoms with Gasteiger partial charge in [-0.3, -0.25) is 4.79 Å². The van der Waals surface area contributed by atoms with Crippen LogP contribution in [0.15, 0.2) is 18.7 Å². The molecule has 1 aromatic heterocycles. The van der Waals surface area contributed by atoms with Crippen molar-refractivity contribution in [3.8, 4) is 0 Å². The molecule has 1 fully saturated rings. The molecule has 5 nitrogen and oxygen atoms in total. The van der Waals surface area contributed by atoms with Crippen LogP contribution in [0, 0.1) is 5.92 Å². The van der Waals surface area contributed by atoms with Crippen LogP contribution in [0.5, 0.6) is 0 Å². The summed E-state index contributed by atoms with van der Waals surface area (Å²) < 4.78 is 2.02. The van der Waals surface area contributed by atoms with Crippen molar-refractivity contribution >= 4 is 5.91 Å². The lowest BCUT2D eigenvalue weighted by molar-refractivity contribution is -0.125. The van der Waals surface area contributed by atoms with Crippen LogP contribution in [0.2, 0.25) is 0 Å². The van der Waals surface area contributed by atoms with Crippen LogP contribution in [0.3, 0.4) is 0 Å². The molecule has 2 N–H and O–H groups in total. The maximum absolute atomic E-state index is 11.8. The second-order valence-electron chi connectivity index (χ2n) is 4.49. The second-order valence-corrected chi connectivity index (χ2v) is 4.49. The number of aromatic nitrogens is 2. The van der Waals surface area contributed by atoms with Gasteiger partial charge in [-0.25, -0.2) is 4.98 Å². The maximum Gasteiger partial charge on any atom is 0.224 e. The number of nitrogens with one attached hydrogen (secondary N) is 2. The fourth-order valence-electron chi connectivity index (χ4n) is 2.11. The lowest BCUT2D eigenvalue weighted by Gasteiger charge is -2.21. The monoisotopic (exact) mass is 236 g/mol. The smallest absolute Gasteiger partial charge is 0.224 e. The van der Waals surface area contributed by atoms with Crippen molar-refractivity contribution in [1.82, 2.24) is 20.2 Å². The number of hydrogen-bond donors (Lipinski definition) is 2. The van der Waals surface area contributed by atoms with E-state index in [0.29, 0.717) is 0 Å². The van der Waals surface area contributed by atoms with Crippen LogP contribution in [0.25, 0.3) is 0 Å². The van der Waals surface area contributed by atoms with Gasteiger partial charge >= 0.3 is 0 Å². The van der Waals surface area contributed by atoms with E-state index in [4.69, 9.17) is 0 Å². The Morgan fingerprint density at radius 2 is 2.53 bits per heavy atom. The number of piperidine rings is 1. The lowest BCUT2D eigenvalue weighted by atomic mass is 9.99. The summed E-state index contributed by atoms with van der Waals surface area (Å²) in [5, 5.41) is 6.26. The molecule has 0 radical (unpaired) electrons. The summed E-state index contributed by atoms with van der Waals surface area (Å²) in [7, 11) is 0. The quantitative estimate of drug-likeness (QED) is 0.727. The molecule has 1 saturated heterocycles. The van der Waals surface area contributed by atoms with Gasteiger partial charge < -0.3 is 15.2 Å². The Kier molecular flexibility index (Phi) is 4.55. The Morgan fingerprint density at radius 1 is 1.59 bits per heavy atom. The summed E-state index contributed by atoms with van der Waals surface area (Å²) in [4.78, 5) is 15.8. The van der Waals surface area contributed by atoms with E-state index in [9.17, 15) is 4.79 Å². The van der Waals surface area contributed by atoms with Crippen molar-refractivity contribution in [3.63, 3.8) is 0 Å². The van der Waals surface area contributed by atoms with Gasteiger partial charge in [0.2, 0.25) is 5.91 Å². The summed E-state index contributed by atoms with van der Waals surface area (Å²) in [6.07, 6.45) is 8.57. The first-order valence-electron chi connectivity index (χ1n) is 6.30. The maximum atomic E-state index is 11.8. The van der Waals surface area contributed by atoms with Gasteiger partial charge in [0.25, 0.3) is 0 Å². The van der Waals surface area contributed by atoms with E-state index in [0.717, 1.165) is 45.4 Å². The molecular formula is C12H20N4O. The largest absolute Gasteiger partial charge is 0.356 e. The number of rotatable bonds is 5. The standard InChI is InChI=1S/C12H20N4O/c17-12(11-3-1-4-13-9-11)15-5-2-7-16-8-6-14-10-16/h6,8,10-11,13H,1-5,7,9H2,(H,15,17)/t11-/m1/s1. The van der Waals surface area contributed by atoms with E-state index in [-0.39, 0.29) is 11.8 Å². The Morgan fingerprint density at radius 3 is 3.24 bits per heavy atom. The molecule has 0 saturated carbocycles. The zero-order valence-electron chi connectivity index (χ0n) is 10.1. The van der Waals surface area contributed by atoms with E-state index in [1.165, 1.54) is 0 Å². The van der Waals surface area contributed by atoms with Gasteiger partial charge in [-0.05, 0) is 25.8 Å². The molecule has 0 bridgehead atoms. The van der Waals surface area contributed by atoms with E-state index >= 15 is 0 Å². The molecule has 0 unspecified atom stereocenters. The Hall–Kier alpha value is -1.36. The molecule has 17 heavy (non-hydrogen) atoms. The Balaban J connectivity index is 1.59. The number of amides is 1. The molecule has 1 aromatic rings. The van der Waals surface area contributed by atoms with Crippen LogP contribution >= 0.6 is 0 Å². The number of hydrogen-bond acceptors (Lipinski definition) is 3. The van der Waals surface area contributed by atoms with Crippen LogP contribution in [0.1, 0.15) is 19.3 Å². The van der Waals surface area contributed by atoms with Crippen LogP contribution < -0.4 is 10.6 Å². The van der Waals surface area contributed by atoms with Gasteiger partial charge in [0, 0.05) is 32.0 Å². The molecule has 1 atom stereocenters. The first kappa shape index (κ1) is 12.1. The summed E-state index contributed by atoms with van der Waals surface area (Å²) in [6, 6.07) is 0. The van der Waals surface area contributed by atoms with Crippen molar-refractivity contribution in [2.75, 3.05) is 19.6 Å². The summed E-state index contributed by atoms with van der Waals surface area (Å²) in [5.41, 5.74) is 0. The highest BCUT2D eigenvalue weighted by Gasteiger charge is 2.19. The third kappa shape index (κ3) is 3.85. The van der Waals surface area contributed by atoms with Crippen LogP contribution in [-0.4, -0.2) is 35.1 Å². The summed E-state index contributed by atoms with van der Waals surface area (Å²) in [5.74, 6) is 0.361. The number of imidazole rings is 1. The highest BCUT2D eigenvalue weighted by Crippen LogP contribution is 2.09. The van der Waals surface area contributed by atoms with Crippen molar-refractivity contribution in [3.05, 3.63) is 18.7 Å². The van der Waals surface area contributed by atoms with Crippen LogP contribution in [0.4, 0.5) is 0 Å². The number of aryl methyl sites for hydroxylation is 1. The minimum atomic E-state index is 0.164. The molecule has 0 aromatic carbocycles. The fourth-order valence-corrected chi connectivity index (χ4v) is 2.11. The zero-order chi connectivity index (χ0) is 11.9. The third-order valence-corrected chi connectivity index (χ3v) is 3.12. The third-order valence-electron chi connectivity index (χ3n) is 3.12. The molecule has 5 heteroatoms. The van der Waals surface area contributed by atoms with Gasteiger partial charge in [-0.1, -0.05) is 0 Å². The highest BCUT2D eigenvalue weighted by molar-refractivity contribution is 5.78. The van der Waals surface area contributed by atoms with Gasteiger partial charge in [0.15, 0.2) is 0 Å². The SMILES string of the molecule is O=C(NCCCn1ccnc1)[C@@H]1CCCNC1. The van der Waals surface area contributed by atoms with Crippen LogP contribution in [-0.2, 0) is 11.3 Å². The first-order chi connectivity index (χ1) is 8.36. The molecule has 1 aliphatic heterocycles. The molecule has 1 amide bonds. The Labute approximate surface area is 102 Å². The minimum absolute atomic E-state index is 0.164. The lowest BCUT2D eigenvalue weighted by Crippen LogP contribution is -2.40. The van der Waals surface area contributed by atoms with Crippen molar-refractivity contribution in [2.45, 2.75) is 25.8 Å². The van der Waals surface area contributed by atoms with E-state index in [2.05, 4.69) is 15.6 Å². The van der Waals surface area contributed by atoms with E-state index < -0.39 is 0 Å². The zero-order valence-corrected chi connectivity index (χ0v) is 10.1. The summed E-state index contributed by atoms with van der Waals surface area (Å²) >= 11 is 0. The van der Waals surface area contributed by atoms with Crippen molar-refractivity contribution in [1.29, 1.82) is 0 Å². The second kappa shape index (κ2) is 6.39. The van der Waals surface area contributed by atoms with Gasteiger partial charge in [-0.2, -0.15) is 0 Å². The minimum Gasteiger partial charge on any atom is -0.356 e. The average molecular weight is 236 g/mol. The van der Waals surface area contributed by atoms with Crippen molar-refractivity contribution in [2.24, 2.45) is 5.92 Å². The predicted molar refractivity (Wildman–Crippen MR) is 65.4 cm³/mol. The van der Waals surface area contributed by atoms with Gasteiger partial charge in [0.1, 0.15) is 0 Å². The topological polar surface area (TPSA) is 59.0 Å². The van der Waals surface area contributed by atoms with Gasteiger partial charge in [0.05, 0.1) is 12.2 Å². The molecule has 0 aliphatic carbocycles. The average Bonchev–Trinajstić information content (AvgIpc) is 2.88. The molecule has 2 heterocycles. The van der Waals surface area contributed by atoms with E-state index in [1.807, 2.05) is 10.8 Å². The number of carbonyl (C=O) groups excluding carboxylic acids is 1. The molecule has 94 valence electrons. The van der Waals surface area contributed by atoms with Gasteiger partial charge in [-0.15, -0.1) is 0 Å². The highest BCUT2D eigenvalue weighted by atomic mass is 16.1. The molecule has 0 spiro atoms. The van der Waals surface area contributed by atoms with Crippen molar-refractivity contribution < 1.29 is 4.79 Å². The Bertz CT molecular complexity index is 330. The molecule has 2 rings (SSSR count). The summed E-state index contributed by atoms with van der Waals surface area (Å²) in [6.45, 7) is 3.52. The van der Waals surface area contributed by atoms with E-state index in [1.54, 1.807) is 12.5 Å².